The van der Waals surface area contributed by atoms with E-state index in [0.29, 0.717) is 12.8 Å². The molecule has 2 aromatic carbocycles. The van der Waals surface area contributed by atoms with Gasteiger partial charge in [-0.1, -0.05) is 49.1 Å². The minimum Gasteiger partial charge on any atom is -0.508 e. The monoisotopic (exact) mass is 432 g/mol. The molecule has 0 aromatic heterocycles. The normalized spacial score (nSPS) is 23.9. The third-order valence-corrected chi connectivity index (χ3v) is 3.77. The van der Waals surface area contributed by atoms with Gasteiger partial charge in [0.1, 0.15) is 5.75 Å². The first kappa shape index (κ1) is 9.70. The average Bonchev–Trinajstić information content (AvgIpc) is 2.95. The number of aryl methyl sites for hydroxylation is 1. The number of unbranched alkanes of at least 4 members (excludes halogenated alkanes) is 1. The molecule has 0 aliphatic heterocycles. The maximum atomic E-state index is 10.8. The second-order valence-electron chi connectivity index (χ2n) is 5.96. The fourth-order valence-corrected chi connectivity index (χ4v) is 2.27. The van der Waals surface area contributed by atoms with Crippen LogP contribution in [0.4, 0.5) is 0 Å². The summed E-state index contributed by atoms with van der Waals surface area (Å²) in [5.41, 5.74) is -0.750. The molecule has 0 saturated carbocycles. The van der Waals surface area contributed by atoms with Gasteiger partial charge in [0, 0.05) is 41.7 Å². The highest BCUT2D eigenvalue weighted by molar-refractivity contribution is 5.36. The van der Waals surface area contributed by atoms with Crippen molar-refractivity contribution >= 4 is 0 Å². The molecular weight excluding hydrogens is 378 g/mol. The average molecular weight is 433 g/mol. The maximum Gasteiger partial charge on any atom is 0.121 e. The van der Waals surface area contributed by atoms with Crippen molar-refractivity contribution in [3.63, 3.8) is 0 Å². The topological polar surface area (TPSA) is 82.0 Å². The summed E-state index contributed by atoms with van der Waals surface area (Å²) >= 11 is 0. The van der Waals surface area contributed by atoms with Crippen molar-refractivity contribution in [2.75, 3.05) is 26.2 Å². The van der Waals surface area contributed by atoms with Gasteiger partial charge in [-0.3, -0.25) is 0 Å². The minimum absolute atomic E-state index is 0.188. The van der Waals surface area contributed by atoms with Crippen LogP contribution in [-0.4, -0.2) is 41.5 Å². The van der Waals surface area contributed by atoms with E-state index in [2.05, 4.69) is 0 Å². The van der Waals surface area contributed by atoms with Crippen LogP contribution in [-0.2, 0) is 17.8 Å². The number of ether oxygens (including phenoxy) is 1. The van der Waals surface area contributed by atoms with Gasteiger partial charge >= 0.3 is 0 Å². The van der Waals surface area contributed by atoms with E-state index < -0.39 is 99.4 Å². The van der Waals surface area contributed by atoms with Crippen LogP contribution in [0, 0.1) is 0 Å². The molecule has 1 unspecified atom stereocenters. The summed E-state index contributed by atoms with van der Waals surface area (Å²) < 4.78 is 144. The van der Waals surface area contributed by atoms with Gasteiger partial charge in [-0.15, -0.1) is 0 Å². The predicted molar refractivity (Wildman–Crippen MR) is 121 cm³/mol. The highest BCUT2D eigenvalue weighted by Gasteiger charge is 2.09. The molecule has 0 spiro atoms. The number of benzene rings is 2. The van der Waals surface area contributed by atoms with Gasteiger partial charge in [0.2, 0.25) is 0 Å². The summed E-state index contributed by atoms with van der Waals surface area (Å²) in [6.07, 6.45) is -18.3. The van der Waals surface area contributed by atoms with Crippen LogP contribution in [0.25, 0.3) is 0 Å². The number of hydrogen-bond acceptors (Lipinski definition) is 5. The lowest BCUT2D eigenvalue weighted by molar-refractivity contribution is 0.126. The largest absolute Gasteiger partial charge is 0.508 e. The van der Waals surface area contributed by atoms with Crippen LogP contribution in [0.5, 0.6) is 5.75 Å². The van der Waals surface area contributed by atoms with E-state index in [1.165, 1.54) is 5.32 Å². The third kappa shape index (κ3) is 9.72. The smallest absolute Gasteiger partial charge is 0.121 e. The number of aliphatic hydroxyl groups excluding tert-OH is 2. The van der Waals surface area contributed by atoms with Crippen molar-refractivity contribution in [2.24, 2.45) is 0 Å². The SMILES string of the molecule is [2H]c1c([2H])c(C(O)C([2H])([2H])NC([2H])([2H])C([2H])([2H])C([2H])([2H])C([2H])([2H])C([2H])([2H])C([2H])([2H])OCCCCc2ccccc2)c([2H])c(CO)c1O. The van der Waals surface area contributed by atoms with Crippen LogP contribution in [0.15, 0.2) is 48.5 Å². The number of aliphatic hydroxyl groups is 2. The molecule has 4 N–H and O–H groups in total. The molecule has 1 atom stereocenters. The predicted octanol–water partition coefficient (Wildman–Crippen LogP) is 4.11. The van der Waals surface area contributed by atoms with Crippen LogP contribution in [0.2, 0.25) is 0 Å². The summed E-state index contributed by atoms with van der Waals surface area (Å²) in [4.78, 5) is 0. The summed E-state index contributed by atoms with van der Waals surface area (Å²) in [5.74, 6) is -1.01. The first-order chi connectivity index (χ1) is 21.2. The Morgan fingerprint density at radius 3 is 2.67 bits per heavy atom. The molecule has 0 radical (unpaired) electrons. The molecule has 0 saturated heterocycles. The number of aromatic hydroxyl groups is 1. The molecule has 0 heterocycles. The second-order valence-corrected chi connectivity index (χ2v) is 5.96. The van der Waals surface area contributed by atoms with Crippen molar-refractivity contribution < 1.29 is 43.4 Å². The fourth-order valence-electron chi connectivity index (χ4n) is 2.27. The molecule has 0 aliphatic carbocycles. The van der Waals surface area contributed by atoms with Gasteiger partial charge < -0.3 is 25.4 Å². The Bertz CT molecular complexity index is 1390. The van der Waals surface area contributed by atoms with Crippen molar-refractivity contribution in [2.45, 2.75) is 57.5 Å². The first-order valence-corrected chi connectivity index (χ1v) is 9.24. The highest BCUT2D eigenvalue weighted by Crippen LogP contribution is 2.22. The van der Waals surface area contributed by atoms with Crippen LogP contribution < -0.4 is 5.32 Å². The number of nitrogens with one attached hydrogen (secondary N) is 1. The lowest BCUT2D eigenvalue weighted by Gasteiger charge is -2.14. The quantitative estimate of drug-likeness (QED) is 0.300. The molecule has 0 fully saturated rings. The van der Waals surface area contributed by atoms with E-state index in [-0.39, 0.29) is 6.42 Å². The highest BCUT2D eigenvalue weighted by atomic mass is 16.5. The molecule has 0 aliphatic rings. The van der Waals surface area contributed by atoms with Crippen molar-refractivity contribution in [1.29, 1.82) is 0 Å². The summed E-state index contributed by atoms with van der Waals surface area (Å²) in [7, 11) is 0. The molecular formula is C25H37NO4. The minimum atomic E-state index is -4.30. The maximum absolute atomic E-state index is 10.8. The Hall–Kier alpha value is -1.92. The Labute approximate surface area is 204 Å². The zero-order chi connectivity index (χ0) is 36.6. The van der Waals surface area contributed by atoms with Crippen LogP contribution in [0.1, 0.15) is 84.4 Å². The summed E-state index contributed by atoms with van der Waals surface area (Å²) in [6.45, 7) is -12.8. The third-order valence-electron chi connectivity index (χ3n) is 3.77. The standard InChI is InChI=1S/C25H37NO4/c27-20-23-18-22(13-14-24(23)28)25(29)19-26-15-7-1-2-8-16-30-17-9-6-12-21-10-4-3-5-11-21/h3-5,10-11,13-14,18,25-29H,1-2,6-9,12,15-17,19-20H2/i1D2,2D2,7D2,8D2,13D,14D,15D2,16D2,18D,19D2. The Balaban J connectivity index is 2.35. The van der Waals surface area contributed by atoms with Crippen molar-refractivity contribution in [1.82, 2.24) is 5.32 Å². The molecule has 0 amide bonds. The molecule has 2 rings (SSSR count). The molecule has 0 bridgehead atoms. The van der Waals surface area contributed by atoms with E-state index >= 15 is 0 Å². The van der Waals surface area contributed by atoms with Gasteiger partial charge in [0.05, 0.1) is 19.6 Å². The number of hydrogen-bond donors (Lipinski definition) is 4. The lowest BCUT2D eigenvalue weighted by atomic mass is 10.1. The molecule has 2 aromatic rings. The molecule has 5 heteroatoms. The van der Waals surface area contributed by atoms with E-state index in [1.807, 2.05) is 30.3 Å². The zero-order valence-electron chi connectivity index (χ0n) is 33.2. The Morgan fingerprint density at radius 1 is 1.07 bits per heavy atom. The van der Waals surface area contributed by atoms with Gasteiger partial charge in [0.25, 0.3) is 0 Å². The van der Waals surface area contributed by atoms with Gasteiger partial charge in [0.15, 0.2) is 0 Å². The van der Waals surface area contributed by atoms with Crippen LogP contribution in [0.3, 0.4) is 0 Å². The summed E-state index contributed by atoms with van der Waals surface area (Å²) in [6, 6.07) is 6.03. The van der Waals surface area contributed by atoms with Crippen molar-refractivity contribution in [3.8, 4) is 5.75 Å². The first-order valence-electron chi connectivity index (χ1n) is 17.7. The van der Waals surface area contributed by atoms with E-state index in [9.17, 15) is 15.3 Å². The van der Waals surface area contributed by atoms with E-state index in [4.69, 9.17) is 28.0 Å². The Morgan fingerprint density at radius 2 is 1.87 bits per heavy atom. The van der Waals surface area contributed by atoms with E-state index in [0.717, 1.165) is 5.56 Å². The van der Waals surface area contributed by atoms with E-state index in [1.54, 1.807) is 0 Å². The molecule has 30 heavy (non-hydrogen) atoms. The molecule has 5 nitrogen and oxygen atoms in total. The number of rotatable bonds is 16. The van der Waals surface area contributed by atoms with Gasteiger partial charge in [-0.05, 0) is 61.7 Å². The van der Waals surface area contributed by atoms with Crippen LogP contribution >= 0.6 is 0 Å². The molecule has 166 valence electrons. The zero-order valence-corrected chi connectivity index (χ0v) is 16.2. The fraction of sp³-hybridized carbons (Fsp3) is 0.520. The van der Waals surface area contributed by atoms with Crippen molar-refractivity contribution in [3.05, 3.63) is 65.1 Å². The summed E-state index contributed by atoms with van der Waals surface area (Å²) in [5, 5.41) is 31.5. The Kier molecular flexibility index (Phi) is 4.84. The number of phenols is 1. The second kappa shape index (κ2) is 15.0. The van der Waals surface area contributed by atoms with Gasteiger partial charge in [-0.2, -0.15) is 0 Å². The lowest BCUT2D eigenvalue weighted by Crippen LogP contribution is -2.22. The van der Waals surface area contributed by atoms with Gasteiger partial charge in [-0.25, -0.2) is 0 Å².